The van der Waals surface area contributed by atoms with Crippen LogP contribution in [0.15, 0.2) is 127 Å². The molecule has 0 saturated carbocycles. The maximum absolute atomic E-state index is 15.0. The first-order valence-electron chi connectivity index (χ1n) is 14.2. The summed E-state index contributed by atoms with van der Waals surface area (Å²) in [5.41, 5.74) is 9.86. The van der Waals surface area contributed by atoms with Gasteiger partial charge in [-0.25, -0.2) is 13.6 Å². The Morgan fingerprint density at radius 3 is 1.89 bits per heavy atom. The van der Waals surface area contributed by atoms with Gasteiger partial charge in [0.2, 0.25) is 0 Å². The van der Waals surface area contributed by atoms with E-state index < -0.39 is 17.0 Å². The van der Waals surface area contributed by atoms with Crippen LogP contribution < -0.4 is 4.90 Å². The van der Waals surface area contributed by atoms with E-state index in [1.54, 1.807) is 11.0 Å². The number of fused-ring (bicyclic) bond motifs is 10. The Hall–Kier alpha value is -6.04. The van der Waals surface area contributed by atoms with E-state index in [0.29, 0.717) is 17.1 Å². The van der Waals surface area contributed by atoms with Crippen LogP contribution in [0.5, 0.6) is 0 Å². The standard InChI is InChI=1S/C39H21F2N3/c1-43-27-20-26(41)21-28(22-27)44(36-18-17-25(40)19-24(36)23-42)37-16-8-15-35-38(37)31-11-4-7-14-34(31)39(35)32-12-5-2-9-29(32)30-10-3-6-13-33(30)39/h2-22H. The SMILES string of the molecule is [C-]#[N+]c1cc(F)cc(N(c2ccc(F)cc2C#N)c2cccc3c2-c2ccccc2C32c3ccccc3-c3ccccc32)c1. The van der Waals surface area contributed by atoms with Crippen molar-refractivity contribution in [2.75, 3.05) is 4.90 Å². The molecule has 0 fully saturated rings. The molecule has 0 aliphatic heterocycles. The van der Waals surface area contributed by atoms with Gasteiger partial charge in [0.25, 0.3) is 0 Å². The summed E-state index contributed by atoms with van der Waals surface area (Å²) in [5, 5.41) is 10.1. The van der Waals surface area contributed by atoms with Crippen LogP contribution in [0.4, 0.5) is 31.5 Å². The molecule has 8 rings (SSSR count). The average molecular weight is 570 g/mol. The van der Waals surface area contributed by atoms with Crippen LogP contribution in [0.25, 0.3) is 27.1 Å². The quantitative estimate of drug-likeness (QED) is 0.198. The van der Waals surface area contributed by atoms with Crippen molar-refractivity contribution in [3.8, 4) is 28.3 Å². The molecular formula is C39H21F2N3. The summed E-state index contributed by atoms with van der Waals surface area (Å²) in [4.78, 5) is 5.27. The lowest BCUT2D eigenvalue weighted by Crippen LogP contribution is -2.26. The van der Waals surface area contributed by atoms with E-state index in [9.17, 15) is 9.65 Å². The summed E-state index contributed by atoms with van der Waals surface area (Å²) in [7, 11) is 0. The Labute approximate surface area is 253 Å². The summed E-state index contributed by atoms with van der Waals surface area (Å²) in [6.45, 7) is 7.60. The lowest BCUT2D eigenvalue weighted by atomic mass is 9.70. The van der Waals surface area contributed by atoms with Gasteiger partial charge in [0.05, 0.1) is 28.9 Å². The van der Waals surface area contributed by atoms with Crippen LogP contribution >= 0.6 is 0 Å². The maximum atomic E-state index is 15.0. The molecule has 0 radical (unpaired) electrons. The van der Waals surface area contributed by atoms with Gasteiger partial charge in [-0.05, 0) is 81.4 Å². The van der Waals surface area contributed by atoms with Gasteiger partial charge >= 0.3 is 0 Å². The number of hydrogen-bond donors (Lipinski definition) is 0. The topological polar surface area (TPSA) is 31.4 Å². The number of halogens is 2. The summed E-state index contributed by atoms with van der Waals surface area (Å²) >= 11 is 0. The zero-order valence-electron chi connectivity index (χ0n) is 23.2. The largest absolute Gasteiger partial charge is 0.310 e. The molecule has 6 aromatic rings. The van der Waals surface area contributed by atoms with Gasteiger partial charge in [0.15, 0.2) is 5.69 Å². The minimum Gasteiger partial charge on any atom is -0.310 e. The highest BCUT2D eigenvalue weighted by molar-refractivity contribution is 6.01. The number of nitriles is 1. The normalized spacial score (nSPS) is 12.9. The average Bonchev–Trinajstić information content (AvgIpc) is 3.53. The maximum Gasteiger partial charge on any atom is 0.192 e. The van der Waals surface area contributed by atoms with Gasteiger partial charge in [-0.15, -0.1) is 0 Å². The molecule has 3 nitrogen and oxygen atoms in total. The third kappa shape index (κ3) is 3.38. The molecule has 0 heterocycles. The highest BCUT2D eigenvalue weighted by atomic mass is 19.1. The second-order valence-electron chi connectivity index (χ2n) is 11.0. The van der Waals surface area contributed by atoms with Gasteiger partial charge in [-0.2, -0.15) is 5.26 Å². The molecule has 0 aromatic heterocycles. The molecule has 1 spiro atoms. The van der Waals surface area contributed by atoms with Crippen molar-refractivity contribution < 1.29 is 8.78 Å². The van der Waals surface area contributed by atoms with Gasteiger partial charge in [-0.3, -0.25) is 0 Å². The first-order chi connectivity index (χ1) is 21.6. The predicted molar refractivity (Wildman–Crippen MR) is 168 cm³/mol. The first kappa shape index (κ1) is 25.7. The molecule has 6 aromatic carbocycles. The third-order valence-electron chi connectivity index (χ3n) is 8.81. The minimum absolute atomic E-state index is 0.0915. The molecule has 0 unspecified atom stereocenters. The first-order valence-corrected chi connectivity index (χ1v) is 14.2. The molecule has 0 saturated heterocycles. The molecule has 206 valence electrons. The minimum atomic E-state index is -0.606. The summed E-state index contributed by atoms with van der Waals surface area (Å²) < 4.78 is 29.5. The van der Waals surface area contributed by atoms with E-state index in [2.05, 4.69) is 83.7 Å². The second-order valence-corrected chi connectivity index (χ2v) is 11.0. The van der Waals surface area contributed by atoms with Gasteiger partial charge < -0.3 is 4.90 Å². The van der Waals surface area contributed by atoms with E-state index in [-0.39, 0.29) is 11.3 Å². The van der Waals surface area contributed by atoms with Gasteiger partial charge in [-0.1, -0.05) is 84.9 Å². The molecule has 0 atom stereocenters. The number of nitrogens with zero attached hydrogens (tertiary/aromatic N) is 3. The molecular weight excluding hydrogens is 548 g/mol. The Kier molecular flexibility index (Phi) is 5.53. The molecule has 0 bridgehead atoms. The molecule has 44 heavy (non-hydrogen) atoms. The van der Waals surface area contributed by atoms with Crippen molar-refractivity contribution in [3.63, 3.8) is 0 Å². The lowest BCUT2D eigenvalue weighted by molar-refractivity contribution is 0.626. The fraction of sp³-hybridized carbons (Fsp3) is 0.0256. The van der Waals surface area contributed by atoms with E-state index in [1.807, 2.05) is 18.2 Å². The monoisotopic (exact) mass is 569 g/mol. The van der Waals surface area contributed by atoms with E-state index >= 15 is 4.39 Å². The summed E-state index contributed by atoms with van der Waals surface area (Å²) in [5.74, 6) is -1.13. The van der Waals surface area contributed by atoms with Crippen LogP contribution in [-0.2, 0) is 5.41 Å². The summed E-state index contributed by atoms with van der Waals surface area (Å²) in [6, 6.07) is 41.6. The number of rotatable bonds is 3. The number of benzene rings is 6. The van der Waals surface area contributed by atoms with Crippen LogP contribution in [0, 0.1) is 29.5 Å². The Morgan fingerprint density at radius 1 is 0.614 bits per heavy atom. The van der Waals surface area contributed by atoms with Crippen LogP contribution in [-0.4, -0.2) is 0 Å². The van der Waals surface area contributed by atoms with E-state index in [1.165, 1.54) is 52.6 Å². The summed E-state index contributed by atoms with van der Waals surface area (Å²) in [6.07, 6.45) is 0. The predicted octanol–water partition coefficient (Wildman–Crippen LogP) is 10.2. The van der Waals surface area contributed by atoms with Crippen molar-refractivity contribution >= 4 is 22.7 Å². The number of anilines is 3. The Bertz CT molecular complexity index is 2210. The Balaban J connectivity index is 1.51. The van der Waals surface area contributed by atoms with Gasteiger partial charge in [0, 0.05) is 11.3 Å². The molecule has 2 aliphatic carbocycles. The second kappa shape index (κ2) is 9.49. The lowest BCUT2D eigenvalue weighted by Gasteiger charge is -2.32. The third-order valence-corrected chi connectivity index (χ3v) is 8.81. The molecule has 0 N–H and O–H groups in total. The Morgan fingerprint density at radius 2 is 1.23 bits per heavy atom. The van der Waals surface area contributed by atoms with Crippen LogP contribution in [0.3, 0.4) is 0 Å². The molecule has 0 amide bonds. The highest BCUT2D eigenvalue weighted by Gasteiger charge is 2.52. The molecule has 2 aliphatic rings. The highest BCUT2D eigenvalue weighted by Crippen LogP contribution is 2.64. The fourth-order valence-corrected chi connectivity index (χ4v) is 7.26. The van der Waals surface area contributed by atoms with E-state index in [4.69, 9.17) is 6.57 Å². The zero-order valence-corrected chi connectivity index (χ0v) is 23.2. The van der Waals surface area contributed by atoms with Crippen LogP contribution in [0.2, 0.25) is 0 Å². The molecule has 5 heteroatoms. The number of hydrogen-bond acceptors (Lipinski definition) is 2. The van der Waals surface area contributed by atoms with Crippen molar-refractivity contribution in [1.82, 2.24) is 0 Å². The van der Waals surface area contributed by atoms with Crippen molar-refractivity contribution in [2.24, 2.45) is 0 Å². The van der Waals surface area contributed by atoms with Crippen molar-refractivity contribution in [3.05, 3.63) is 178 Å². The fourth-order valence-electron chi connectivity index (χ4n) is 7.26. The van der Waals surface area contributed by atoms with Crippen molar-refractivity contribution in [1.29, 1.82) is 5.26 Å². The zero-order chi connectivity index (χ0) is 30.0. The van der Waals surface area contributed by atoms with Gasteiger partial charge in [0.1, 0.15) is 17.7 Å². The van der Waals surface area contributed by atoms with Crippen molar-refractivity contribution in [2.45, 2.75) is 5.41 Å². The smallest absolute Gasteiger partial charge is 0.192 e. The van der Waals surface area contributed by atoms with Crippen LogP contribution in [0.1, 0.15) is 27.8 Å². The van der Waals surface area contributed by atoms with E-state index in [0.717, 1.165) is 22.3 Å².